The Morgan fingerprint density at radius 1 is 1.47 bits per heavy atom. The number of hydrogen-bond donors (Lipinski definition) is 0. The van der Waals surface area contributed by atoms with E-state index in [9.17, 15) is 4.39 Å². The van der Waals surface area contributed by atoms with Gasteiger partial charge in [0.25, 0.3) is 5.69 Å². The van der Waals surface area contributed by atoms with Crippen LogP contribution in [0.4, 0.5) is 10.1 Å². The molecule has 1 aliphatic heterocycles. The molecule has 2 aromatic rings. The molecule has 6 heteroatoms. The van der Waals surface area contributed by atoms with Crippen molar-refractivity contribution in [2.24, 2.45) is 0 Å². The van der Waals surface area contributed by atoms with Crippen molar-refractivity contribution in [2.75, 3.05) is 6.61 Å². The molecule has 2 heterocycles. The first-order valence-electron chi connectivity index (χ1n) is 5.72. The maximum atomic E-state index is 13.8. The quantitative estimate of drug-likeness (QED) is 0.775. The maximum absolute atomic E-state index is 13.8. The molecule has 0 spiro atoms. The van der Waals surface area contributed by atoms with E-state index in [1.807, 2.05) is 0 Å². The van der Waals surface area contributed by atoms with Crippen LogP contribution in [0.15, 0.2) is 22.9 Å². The molecule has 1 aliphatic rings. The molecule has 1 aromatic heterocycles. The second kappa shape index (κ2) is 4.61. The molecule has 19 heavy (non-hydrogen) atoms. The summed E-state index contributed by atoms with van der Waals surface area (Å²) in [7, 11) is 0. The lowest BCUT2D eigenvalue weighted by Gasteiger charge is -2.21. The van der Waals surface area contributed by atoms with Gasteiger partial charge in [0.15, 0.2) is 0 Å². The highest BCUT2D eigenvalue weighted by atomic mass is 19.1. The van der Waals surface area contributed by atoms with Crippen LogP contribution in [-0.4, -0.2) is 11.6 Å². The summed E-state index contributed by atoms with van der Waals surface area (Å²) in [6.07, 6.45) is 4.28. The van der Waals surface area contributed by atoms with Crippen molar-refractivity contribution in [1.29, 1.82) is 0 Å². The van der Waals surface area contributed by atoms with Crippen molar-refractivity contribution in [3.05, 3.63) is 41.3 Å². The third-order valence-corrected chi connectivity index (χ3v) is 2.81. The smallest absolute Gasteiger partial charge is 0.399 e. The highest BCUT2D eigenvalue weighted by Crippen LogP contribution is 2.43. The standard InChI is InChI=1S/C13H9FN2O3/c1-15-11-9(14)7-10(19-13-16-4-6-18-13)8-3-2-5-17-12(8)11/h4,6-7H,2-3,5H2. The van der Waals surface area contributed by atoms with Gasteiger partial charge < -0.3 is 13.9 Å². The molecule has 1 aromatic carbocycles. The lowest BCUT2D eigenvalue weighted by atomic mass is 10.0. The van der Waals surface area contributed by atoms with Crippen LogP contribution >= 0.6 is 0 Å². The minimum atomic E-state index is -0.669. The van der Waals surface area contributed by atoms with Gasteiger partial charge in [-0.2, -0.15) is 4.98 Å². The largest absolute Gasteiger partial charge is 0.504 e. The van der Waals surface area contributed by atoms with Crippen LogP contribution in [0.25, 0.3) is 4.85 Å². The van der Waals surface area contributed by atoms with E-state index < -0.39 is 5.82 Å². The maximum Gasteiger partial charge on any atom is 0.399 e. The van der Waals surface area contributed by atoms with E-state index in [1.165, 1.54) is 18.5 Å². The Balaban J connectivity index is 2.10. The van der Waals surface area contributed by atoms with E-state index in [4.69, 9.17) is 20.5 Å². The summed E-state index contributed by atoms with van der Waals surface area (Å²) < 4.78 is 29.6. The highest BCUT2D eigenvalue weighted by Gasteiger charge is 2.24. The Hall–Kier alpha value is -2.55. The SMILES string of the molecule is [C-]#[N+]c1c(F)cc(Oc2ncco2)c2c1OCCC2. The van der Waals surface area contributed by atoms with E-state index in [1.54, 1.807) is 0 Å². The van der Waals surface area contributed by atoms with Gasteiger partial charge in [0.2, 0.25) is 0 Å². The normalized spacial score (nSPS) is 13.3. The fraction of sp³-hybridized carbons (Fsp3) is 0.231. The number of nitrogens with zero attached hydrogens (tertiary/aromatic N) is 2. The molecule has 0 saturated carbocycles. The number of ether oxygens (including phenoxy) is 2. The second-order valence-corrected chi connectivity index (χ2v) is 3.98. The Morgan fingerprint density at radius 3 is 3.11 bits per heavy atom. The molecule has 3 rings (SSSR count). The Morgan fingerprint density at radius 2 is 2.37 bits per heavy atom. The number of halogens is 1. The molecule has 0 atom stereocenters. The summed E-state index contributed by atoms with van der Waals surface area (Å²) in [6, 6.07) is 1.17. The lowest BCUT2D eigenvalue weighted by molar-refractivity contribution is 0.278. The molecule has 96 valence electrons. The van der Waals surface area contributed by atoms with Crippen molar-refractivity contribution in [3.8, 4) is 17.6 Å². The van der Waals surface area contributed by atoms with E-state index in [-0.39, 0.29) is 23.3 Å². The predicted octanol–water partition coefficient (Wildman–Crippen LogP) is 3.48. The molecule has 0 bridgehead atoms. The fourth-order valence-electron chi connectivity index (χ4n) is 2.00. The molecule has 0 unspecified atom stereocenters. The third-order valence-electron chi connectivity index (χ3n) is 2.81. The van der Waals surface area contributed by atoms with Gasteiger partial charge in [-0.3, -0.25) is 0 Å². The number of oxazole rings is 1. The molecular weight excluding hydrogens is 251 g/mol. The van der Waals surface area contributed by atoms with Crippen molar-refractivity contribution in [2.45, 2.75) is 12.8 Å². The van der Waals surface area contributed by atoms with Gasteiger partial charge in [0.1, 0.15) is 23.6 Å². The number of benzene rings is 1. The summed E-state index contributed by atoms with van der Waals surface area (Å²) in [5.41, 5.74) is 0.575. The van der Waals surface area contributed by atoms with Gasteiger partial charge in [-0.1, -0.05) is 0 Å². The second-order valence-electron chi connectivity index (χ2n) is 3.98. The zero-order valence-corrected chi connectivity index (χ0v) is 9.85. The topological polar surface area (TPSA) is 48.9 Å². The molecular formula is C13H9FN2O3. The van der Waals surface area contributed by atoms with Gasteiger partial charge in [-0.15, -0.1) is 0 Å². The monoisotopic (exact) mass is 260 g/mol. The van der Waals surface area contributed by atoms with E-state index in [2.05, 4.69) is 9.83 Å². The fourth-order valence-corrected chi connectivity index (χ4v) is 2.00. The summed E-state index contributed by atoms with van der Waals surface area (Å²) in [4.78, 5) is 7.00. The summed E-state index contributed by atoms with van der Waals surface area (Å²) in [6.45, 7) is 7.49. The van der Waals surface area contributed by atoms with Crippen LogP contribution in [-0.2, 0) is 6.42 Å². The van der Waals surface area contributed by atoms with Crippen LogP contribution in [0.1, 0.15) is 12.0 Å². The molecule has 0 amide bonds. The third kappa shape index (κ3) is 1.99. The van der Waals surface area contributed by atoms with E-state index in [0.29, 0.717) is 18.6 Å². The van der Waals surface area contributed by atoms with Crippen molar-refractivity contribution in [1.82, 2.24) is 4.98 Å². The van der Waals surface area contributed by atoms with Gasteiger partial charge in [0, 0.05) is 11.6 Å². The van der Waals surface area contributed by atoms with Crippen molar-refractivity contribution >= 4 is 5.69 Å². The van der Waals surface area contributed by atoms with Crippen LogP contribution in [0.5, 0.6) is 17.6 Å². The Kier molecular flexibility index (Phi) is 2.80. The average molecular weight is 260 g/mol. The van der Waals surface area contributed by atoms with Gasteiger partial charge in [-0.25, -0.2) is 9.24 Å². The molecule has 5 nitrogen and oxygen atoms in total. The van der Waals surface area contributed by atoms with Gasteiger partial charge in [-0.05, 0) is 12.8 Å². The predicted molar refractivity (Wildman–Crippen MR) is 63.1 cm³/mol. The Bertz CT molecular complexity index is 647. The van der Waals surface area contributed by atoms with Crippen LogP contribution < -0.4 is 9.47 Å². The van der Waals surface area contributed by atoms with E-state index >= 15 is 0 Å². The summed E-state index contributed by atoms with van der Waals surface area (Å²) >= 11 is 0. The Labute approximate surface area is 108 Å². The first kappa shape index (κ1) is 11.5. The van der Waals surface area contributed by atoms with Crippen molar-refractivity contribution < 1.29 is 18.3 Å². The first-order valence-corrected chi connectivity index (χ1v) is 5.72. The lowest BCUT2D eigenvalue weighted by Crippen LogP contribution is -2.10. The van der Waals surface area contributed by atoms with Crippen LogP contribution in [0.3, 0.4) is 0 Å². The minimum Gasteiger partial charge on any atom is -0.504 e. The van der Waals surface area contributed by atoms with Gasteiger partial charge in [0.05, 0.1) is 19.4 Å². The first-order chi connectivity index (χ1) is 9.29. The van der Waals surface area contributed by atoms with Gasteiger partial charge >= 0.3 is 6.08 Å². The molecule has 0 aliphatic carbocycles. The number of fused-ring (bicyclic) bond motifs is 1. The molecule has 0 N–H and O–H groups in total. The highest BCUT2D eigenvalue weighted by molar-refractivity contribution is 5.66. The summed E-state index contributed by atoms with van der Waals surface area (Å²) in [5, 5.41) is 0. The zero-order valence-electron chi connectivity index (χ0n) is 9.85. The molecule has 0 fully saturated rings. The van der Waals surface area contributed by atoms with Crippen molar-refractivity contribution in [3.63, 3.8) is 0 Å². The van der Waals surface area contributed by atoms with E-state index in [0.717, 1.165) is 6.42 Å². The number of hydrogen-bond acceptors (Lipinski definition) is 4. The zero-order chi connectivity index (χ0) is 13.2. The van der Waals surface area contributed by atoms with Crippen LogP contribution in [0.2, 0.25) is 0 Å². The minimum absolute atomic E-state index is 0.0303. The number of aromatic nitrogens is 1. The number of rotatable bonds is 2. The average Bonchev–Trinajstić information content (AvgIpc) is 2.92. The molecule has 0 saturated heterocycles. The summed E-state index contributed by atoms with van der Waals surface area (Å²) in [5.74, 6) is -0.123. The van der Waals surface area contributed by atoms with Crippen LogP contribution in [0, 0.1) is 12.4 Å². The molecule has 0 radical (unpaired) electrons.